The fourth-order valence-electron chi connectivity index (χ4n) is 2.02. The minimum atomic E-state index is -0.0613. The predicted molar refractivity (Wildman–Crippen MR) is 72.9 cm³/mol. The summed E-state index contributed by atoms with van der Waals surface area (Å²) in [5.41, 5.74) is 0. The number of esters is 1. The highest BCUT2D eigenvalue weighted by Gasteiger charge is 2.19. The lowest BCUT2D eigenvalue weighted by Gasteiger charge is -2.23. The first kappa shape index (κ1) is 16.5. The highest BCUT2D eigenvalue weighted by molar-refractivity contribution is 5.71. The van der Waals surface area contributed by atoms with Crippen LogP contribution in [0.4, 0.5) is 0 Å². The van der Waals surface area contributed by atoms with Crippen LogP contribution in [0.2, 0.25) is 0 Å². The minimum Gasteiger partial charge on any atom is -0.465 e. The number of ether oxygens (including phenoxy) is 1. The second-order valence-corrected chi connectivity index (χ2v) is 5.45. The van der Waals surface area contributed by atoms with Gasteiger partial charge in [-0.25, -0.2) is 0 Å². The van der Waals surface area contributed by atoms with Crippen LogP contribution in [-0.2, 0) is 9.53 Å². The van der Waals surface area contributed by atoms with Crippen molar-refractivity contribution in [2.45, 2.75) is 66.7 Å². The highest BCUT2D eigenvalue weighted by atomic mass is 16.5. The molecule has 0 spiro atoms. The Bertz CT molecular complexity index is 199. The number of carbonyl (C=O) groups excluding carboxylic acids is 1. The molecule has 0 saturated carbocycles. The van der Waals surface area contributed by atoms with Gasteiger partial charge in [0.25, 0.3) is 0 Å². The van der Waals surface area contributed by atoms with Crippen molar-refractivity contribution in [3.05, 3.63) is 0 Å². The van der Waals surface area contributed by atoms with Crippen molar-refractivity contribution in [2.24, 2.45) is 17.8 Å². The first-order chi connectivity index (χ1) is 8.02. The summed E-state index contributed by atoms with van der Waals surface area (Å²) in [6.45, 7) is 11.1. The smallest absolute Gasteiger partial charge is 0.308 e. The number of carbonyl (C=O) groups is 1. The molecule has 0 saturated heterocycles. The summed E-state index contributed by atoms with van der Waals surface area (Å²) in [4.78, 5) is 11.5. The molecular formula is C15H30O2. The maximum atomic E-state index is 11.5. The third kappa shape index (κ3) is 7.40. The lowest BCUT2D eigenvalue weighted by molar-refractivity contribution is -0.149. The van der Waals surface area contributed by atoms with E-state index in [0.717, 1.165) is 6.42 Å². The van der Waals surface area contributed by atoms with Crippen LogP contribution in [-0.4, -0.2) is 12.6 Å². The summed E-state index contributed by atoms with van der Waals surface area (Å²) >= 11 is 0. The Balaban J connectivity index is 4.08. The molecule has 2 heteroatoms. The van der Waals surface area contributed by atoms with Crippen molar-refractivity contribution in [3.8, 4) is 0 Å². The summed E-state index contributed by atoms with van der Waals surface area (Å²) < 4.78 is 5.38. The van der Waals surface area contributed by atoms with Crippen molar-refractivity contribution in [3.63, 3.8) is 0 Å². The average molecular weight is 242 g/mol. The summed E-state index contributed by atoms with van der Waals surface area (Å²) in [7, 11) is 0. The van der Waals surface area contributed by atoms with Crippen LogP contribution in [0, 0.1) is 17.8 Å². The van der Waals surface area contributed by atoms with E-state index in [9.17, 15) is 4.79 Å². The van der Waals surface area contributed by atoms with E-state index in [0.29, 0.717) is 18.4 Å². The van der Waals surface area contributed by atoms with Crippen LogP contribution in [0.25, 0.3) is 0 Å². The number of rotatable bonds is 9. The van der Waals surface area contributed by atoms with Crippen molar-refractivity contribution < 1.29 is 9.53 Å². The summed E-state index contributed by atoms with van der Waals surface area (Å²) in [6, 6.07) is 0. The van der Waals surface area contributed by atoms with Gasteiger partial charge in [0.15, 0.2) is 0 Å². The Morgan fingerprint density at radius 3 is 2.18 bits per heavy atom. The van der Waals surface area contributed by atoms with Crippen LogP contribution in [0.3, 0.4) is 0 Å². The van der Waals surface area contributed by atoms with Gasteiger partial charge in [-0.1, -0.05) is 60.3 Å². The molecule has 0 N–H and O–H groups in total. The van der Waals surface area contributed by atoms with E-state index < -0.39 is 0 Å². The van der Waals surface area contributed by atoms with Gasteiger partial charge in [0.1, 0.15) is 0 Å². The minimum absolute atomic E-state index is 0.0109. The first-order valence-corrected chi connectivity index (χ1v) is 7.19. The summed E-state index contributed by atoms with van der Waals surface area (Å²) in [6.07, 6.45) is 6.10. The first-order valence-electron chi connectivity index (χ1n) is 7.19. The molecule has 0 heterocycles. The molecular weight excluding hydrogens is 212 g/mol. The molecule has 17 heavy (non-hydrogen) atoms. The summed E-state index contributed by atoms with van der Waals surface area (Å²) in [5.74, 6) is 1.13. The molecule has 0 aromatic carbocycles. The Morgan fingerprint density at radius 2 is 1.71 bits per heavy atom. The van der Waals surface area contributed by atoms with Crippen LogP contribution in [0.5, 0.6) is 0 Å². The fourth-order valence-corrected chi connectivity index (χ4v) is 2.02. The van der Waals surface area contributed by atoms with Gasteiger partial charge >= 0.3 is 5.97 Å². The molecule has 0 aliphatic carbocycles. The van der Waals surface area contributed by atoms with Crippen molar-refractivity contribution >= 4 is 5.97 Å². The molecule has 2 unspecified atom stereocenters. The number of hydrogen-bond acceptors (Lipinski definition) is 2. The molecule has 2 atom stereocenters. The third-order valence-electron chi connectivity index (χ3n) is 3.39. The molecule has 0 amide bonds. The lowest BCUT2D eigenvalue weighted by Crippen LogP contribution is -2.22. The van der Waals surface area contributed by atoms with E-state index in [1.807, 2.05) is 13.8 Å². The van der Waals surface area contributed by atoms with Gasteiger partial charge in [-0.05, 0) is 18.3 Å². The molecule has 2 nitrogen and oxygen atoms in total. The van der Waals surface area contributed by atoms with Gasteiger partial charge in [-0.2, -0.15) is 0 Å². The van der Waals surface area contributed by atoms with E-state index in [4.69, 9.17) is 4.74 Å². The lowest BCUT2D eigenvalue weighted by atomic mass is 9.87. The van der Waals surface area contributed by atoms with Gasteiger partial charge in [0.2, 0.25) is 0 Å². The van der Waals surface area contributed by atoms with Gasteiger partial charge in [0.05, 0.1) is 12.5 Å². The van der Waals surface area contributed by atoms with E-state index in [1.54, 1.807) is 0 Å². The van der Waals surface area contributed by atoms with E-state index in [1.165, 1.54) is 25.7 Å². The van der Waals surface area contributed by atoms with Crippen LogP contribution in [0.15, 0.2) is 0 Å². The van der Waals surface area contributed by atoms with Gasteiger partial charge in [-0.15, -0.1) is 0 Å². The zero-order valence-electron chi connectivity index (χ0n) is 12.3. The van der Waals surface area contributed by atoms with Gasteiger partial charge < -0.3 is 4.74 Å². The average Bonchev–Trinajstić information content (AvgIpc) is 2.30. The van der Waals surface area contributed by atoms with Crippen LogP contribution >= 0.6 is 0 Å². The maximum Gasteiger partial charge on any atom is 0.308 e. The molecule has 0 aromatic rings. The quantitative estimate of drug-likeness (QED) is 0.559. The highest BCUT2D eigenvalue weighted by Crippen LogP contribution is 2.23. The third-order valence-corrected chi connectivity index (χ3v) is 3.39. The topological polar surface area (TPSA) is 26.3 Å². The van der Waals surface area contributed by atoms with Crippen LogP contribution in [0.1, 0.15) is 66.7 Å². The van der Waals surface area contributed by atoms with E-state index in [-0.39, 0.29) is 11.9 Å². The Labute approximate surface area is 107 Å². The SMILES string of the molecule is CCCCC(C)C(CCC)COC(=O)C(C)C. The molecule has 0 aliphatic heterocycles. The van der Waals surface area contributed by atoms with Crippen molar-refractivity contribution in [2.75, 3.05) is 6.61 Å². The number of hydrogen-bond donors (Lipinski definition) is 0. The van der Waals surface area contributed by atoms with Gasteiger partial charge in [-0.3, -0.25) is 4.79 Å². The number of unbranched alkanes of at least 4 members (excludes halogenated alkanes) is 1. The van der Waals surface area contributed by atoms with Crippen LogP contribution < -0.4 is 0 Å². The normalized spacial score (nSPS) is 14.7. The van der Waals surface area contributed by atoms with Crippen molar-refractivity contribution in [1.82, 2.24) is 0 Å². The Morgan fingerprint density at radius 1 is 1.06 bits per heavy atom. The molecule has 0 bridgehead atoms. The zero-order chi connectivity index (χ0) is 13.3. The predicted octanol–water partition coefficient (Wildman–Crippen LogP) is 4.43. The summed E-state index contributed by atoms with van der Waals surface area (Å²) in [5, 5.41) is 0. The fraction of sp³-hybridized carbons (Fsp3) is 0.933. The second kappa shape index (κ2) is 9.49. The molecule has 0 aliphatic rings. The van der Waals surface area contributed by atoms with Gasteiger partial charge in [0, 0.05) is 0 Å². The molecule has 0 rings (SSSR count). The maximum absolute atomic E-state index is 11.5. The van der Waals surface area contributed by atoms with Crippen molar-refractivity contribution in [1.29, 1.82) is 0 Å². The molecule has 0 fully saturated rings. The largest absolute Gasteiger partial charge is 0.465 e. The Hall–Kier alpha value is -0.530. The Kier molecular flexibility index (Phi) is 9.20. The molecule has 0 radical (unpaired) electrons. The monoisotopic (exact) mass is 242 g/mol. The standard InChI is InChI=1S/C15H30O2/c1-6-8-10-13(5)14(9-7-2)11-17-15(16)12(3)4/h12-14H,6-11H2,1-5H3. The zero-order valence-corrected chi connectivity index (χ0v) is 12.3. The molecule has 102 valence electrons. The second-order valence-electron chi connectivity index (χ2n) is 5.45. The molecule has 0 aromatic heterocycles. The van der Waals surface area contributed by atoms with E-state index >= 15 is 0 Å². The van der Waals surface area contributed by atoms with E-state index in [2.05, 4.69) is 20.8 Å².